The van der Waals surface area contributed by atoms with Gasteiger partial charge in [-0.2, -0.15) is 0 Å². The zero-order chi connectivity index (χ0) is 14.8. The summed E-state index contributed by atoms with van der Waals surface area (Å²) in [5.74, 6) is 1.76. The van der Waals surface area contributed by atoms with Gasteiger partial charge in [-0.1, -0.05) is 0 Å². The number of amides is 1. The molecule has 0 spiro atoms. The van der Waals surface area contributed by atoms with Crippen molar-refractivity contribution >= 4 is 5.91 Å². The number of ether oxygens (including phenoxy) is 3. The molecule has 2 unspecified atom stereocenters. The molecule has 0 radical (unpaired) electrons. The van der Waals surface area contributed by atoms with Crippen molar-refractivity contribution in [3.63, 3.8) is 0 Å². The van der Waals surface area contributed by atoms with E-state index in [0.29, 0.717) is 17.2 Å². The van der Waals surface area contributed by atoms with Gasteiger partial charge in [0.15, 0.2) is 18.1 Å². The molecule has 0 aliphatic carbocycles. The van der Waals surface area contributed by atoms with Gasteiger partial charge in [0, 0.05) is 18.2 Å². The lowest BCUT2D eigenvalue weighted by Gasteiger charge is -2.19. The Bertz CT molecular complexity index is 527. The average Bonchev–Trinajstić information content (AvgIpc) is 3.06. The number of carbonyl (C=O) groups excluding carboxylic acids is 1. The number of hydrogen-bond donors (Lipinski definition) is 3. The van der Waals surface area contributed by atoms with Crippen molar-refractivity contribution in [1.82, 2.24) is 16.2 Å². The van der Waals surface area contributed by atoms with Gasteiger partial charge in [-0.25, -0.2) is 0 Å². The van der Waals surface area contributed by atoms with Gasteiger partial charge in [-0.3, -0.25) is 15.6 Å². The molecule has 1 saturated heterocycles. The van der Waals surface area contributed by atoms with Crippen LogP contribution in [0.25, 0.3) is 0 Å². The van der Waals surface area contributed by atoms with E-state index in [-0.39, 0.29) is 37.4 Å². The molecule has 3 rings (SSSR count). The van der Waals surface area contributed by atoms with Gasteiger partial charge in [0.2, 0.25) is 6.79 Å². The second kappa shape index (κ2) is 5.79. The van der Waals surface area contributed by atoms with Crippen LogP contribution in [0.5, 0.6) is 17.2 Å². The third kappa shape index (κ3) is 3.03. The summed E-state index contributed by atoms with van der Waals surface area (Å²) >= 11 is 0. The van der Waals surface area contributed by atoms with Gasteiger partial charge in [-0.15, -0.1) is 0 Å². The van der Waals surface area contributed by atoms with Crippen molar-refractivity contribution in [1.29, 1.82) is 0 Å². The van der Waals surface area contributed by atoms with Crippen LogP contribution in [0.3, 0.4) is 0 Å². The molecule has 2 aliphatic rings. The second-order valence-electron chi connectivity index (χ2n) is 5.26. The fourth-order valence-corrected chi connectivity index (χ4v) is 2.47. The molecule has 114 valence electrons. The Kier molecular flexibility index (Phi) is 3.85. The van der Waals surface area contributed by atoms with Crippen molar-refractivity contribution in [2.24, 2.45) is 0 Å². The van der Waals surface area contributed by atoms with E-state index >= 15 is 0 Å². The largest absolute Gasteiger partial charge is 0.484 e. The predicted octanol–water partition coefficient (Wildman–Crippen LogP) is 0.164. The Balaban J connectivity index is 1.52. The maximum Gasteiger partial charge on any atom is 0.258 e. The van der Waals surface area contributed by atoms with E-state index in [2.05, 4.69) is 16.2 Å². The number of hydrogen-bond acceptors (Lipinski definition) is 6. The van der Waals surface area contributed by atoms with Gasteiger partial charge in [-0.05, 0) is 26.0 Å². The molecule has 0 bridgehead atoms. The van der Waals surface area contributed by atoms with Crippen LogP contribution in [0.1, 0.15) is 13.8 Å². The molecule has 7 heteroatoms. The first-order valence-electron chi connectivity index (χ1n) is 6.96. The SMILES string of the molecule is CC1NNC(C)C1NC(=O)COc1ccc2c(c1)OCO2. The summed E-state index contributed by atoms with van der Waals surface area (Å²) in [5.41, 5.74) is 6.18. The highest BCUT2D eigenvalue weighted by atomic mass is 16.7. The zero-order valence-electron chi connectivity index (χ0n) is 12.0. The molecule has 1 amide bonds. The van der Waals surface area contributed by atoms with Gasteiger partial charge >= 0.3 is 0 Å². The number of rotatable bonds is 4. The zero-order valence-corrected chi connectivity index (χ0v) is 12.0. The quantitative estimate of drug-likeness (QED) is 0.734. The molecule has 0 aromatic heterocycles. The topological polar surface area (TPSA) is 80.9 Å². The number of fused-ring (bicyclic) bond motifs is 1. The first-order valence-corrected chi connectivity index (χ1v) is 6.96. The van der Waals surface area contributed by atoms with Gasteiger partial charge in [0.25, 0.3) is 5.91 Å². The lowest BCUT2D eigenvalue weighted by atomic mass is 10.1. The fraction of sp³-hybridized carbons (Fsp3) is 0.500. The van der Waals surface area contributed by atoms with E-state index in [4.69, 9.17) is 14.2 Å². The molecule has 1 fully saturated rings. The van der Waals surface area contributed by atoms with Crippen molar-refractivity contribution in [2.45, 2.75) is 32.0 Å². The van der Waals surface area contributed by atoms with Gasteiger partial charge < -0.3 is 19.5 Å². The summed E-state index contributed by atoms with van der Waals surface area (Å²) in [4.78, 5) is 11.9. The third-order valence-electron chi connectivity index (χ3n) is 3.66. The van der Waals surface area contributed by atoms with Crippen LogP contribution in [0.4, 0.5) is 0 Å². The van der Waals surface area contributed by atoms with Crippen LogP contribution in [0.2, 0.25) is 0 Å². The molecule has 3 N–H and O–H groups in total. The Hall–Kier alpha value is -1.99. The summed E-state index contributed by atoms with van der Waals surface area (Å²) in [6.07, 6.45) is 0. The van der Waals surface area contributed by atoms with Crippen LogP contribution >= 0.6 is 0 Å². The molecule has 1 aromatic rings. The summed E-state index contributed by atoms with van der Waals surface area (Å²) in [5, 5.41) is 2.96. The van der Waals surface area contributed by atoms with Gasteiger partial charge in [0.1, 0.15) is 5.75 Å². The number of nitrogens with one attached hydrogen (secondary N) is 3. The normalized spacial score (nSPS) is 26.7. The average molecular weight is 293 g/mol. The first-order chi connectivity index (χ1) is 10.1. The maximum absolute atomic E-state index is 11.9. The minimum absolute atomic E-state index is 0.0322. The maximum atomic E-state index is 11.9. The molecule has 2 aliphatic heterocycles. The molecule has 1 aromatic carbocycles. The summed E-state index contributed by atoms with van der Waals surface area (Å²) < 4.78 is 16.0. The highest BCUT2D eigenvalue weighted by Crippen LogP contribution is 2.34. The smallest absolute Gasteiger partial charge is 0.258 e. The monoisotopic (exact) mass is 293 g/mol. The second-order valence-corrected chi connectivity index (χ2v) is 5.26. The van der Waals surface area contributed by atoms with E-state index in [1.165, 1.54) is 0 Å². The van der Waals surface area contributed by atoms with E-state index < -0.39 is 0 Å². The molecule has 0 saturated carbocycles. The van der Waals surface area contributed by atoms with Crippen molar-refractivity contribution in [2.75, 3.05) is 13.4 Å². The minimum atomic E-state index is -0.151. The summed E-state index contributed by atoms with van der Waals surface area (Å²) in [6, 6.07) is 5.64. The first kappa shape index (κ1) is 14.0. The number of carbonyl (C=O) groups is 1. The van der Waals surface area contributed by atoms with Crippen LogP contribution in [-0.4, -0.2) is 37.4 Å². The standard InChI is InChI=1S/C14H19N3O4/c1-8-14(9(2)17-16-8)15-13(18)6-19-10-3-4-11-12(5-10)21-7-20-11/h3-5,8-9,14,16-17H,6-7H2,1-2H3,(H,15,18). The third-order valence-corrected chi connectivity index (χ3v) is 3.66. The predicted molar refractivity (Wildman–Crippen MR) is 75.2 cm³/mol. The van der Waals surface area contributed by atoms with Crippen LogP contribution < -0.4 is 30.4 Å². The van der Waals surface area contributed by atoms with E-state index in [9.17, 15) is 4.79 Å². The lowest BCUT2D eigenvalue weighted by molar-refractivity contribution is -0.123. The Morgan fingerprint density at radius 2 is 2.00 bits per heavy atom. The van der Waals surface area contributed by atoms with E-state index in [1.807, 2.05) is 13.8 Å². The van der Waals surface area contributed by atoms with Crippen molar-refractivity contribution < 1.29 is 19.0 Å². The van der Waals surface area contributed by atoms with Crippen LogP contribution in [0, 0.1) is 0 Å². The van der Waals surface area contributed by atoms with Crippen LogP contribution in [-0.2, 0) is 4.79 Å². The lowest BCUT2D eigenvalue weighted by Crippen LogP contribution is -2.47. The minimum Gasteiger partial charge on any atom is -0.484 e. The van der Waals surface area contributed by atoms with Crippen molar-refractivity contribution in [3.05, 3.63) is 18.2 Å². The molecule has 7 nitrogen and oxygen atoms in total. The number of hydrazine groups is 1. The Morgan fingerprint density at radius 1 is 1.29 bits per heavy atom. The van der Waals surface area contributed by atoms with Crippen LogP contribution in [0.15, 0.2) is 18.2 Å². The van der Waals surface area contributed by atoms with E-state index in [0.717, 1.165) is 0 Å². The highest BCUT2D eigenvalue weighted by molar-refractivity contribution is 5.78. The molecule has 2 heterocycles. The molecular formula is C14H19N3O4. The molecule has 2 atom stereocenters. The number of benzene rings is 1. The highest BCUT2D eigenvalue weighted by Gasteiger charge is 2.30. The molecular weight excluding hydrogens is 274 g/mol. The van der Waals surface area contributed by atoms with Gasteiger partial charge in [0.05, 0.1) is 6.04 Å². The summed E-state index contributed by atoms with van der Waals surface area (Å²) in [7, 11) is 0. The summed E-state index contributed by atoms with van der Waals surface area (Å²) in [6.45, 7) is 4.21. The van der Waals surface area contributed by atoms with E-state index in [1.54, 1.807) is 18.2 Å². The Labute approximate surface area is 122 Å². The van der Waals surface area contributed by atoms with Crippen molar-refractivity contribution in [3.8, 4) is 17.2 Å². The fourth-order valence-electron chi connectivity index (χ4n) is 2.47. The Morgan fingerprint density at radius 3 is 2.76 bits per heavy atom. The molecule has 21 heavy (non-hydrogen) atoms.